The van der Waals surface area contributed by atoms with E-state index < -0.39 is 12.1 Å². The Morgan fingerprint density at radius 2 is 1.93 bits per heavy atom. The van der Waals surface area contributed by atoms with Gasteiger partial charge in [-0.3, -0.25) is 4.79 Å². The number of carbonyl (C=O) groups is 1. The van der Waals surface area contributed by atoms with Gasteiger partial charge in [-0.15, -0.1) is 0 Å². The molecule has 0 spiro atoms. The Balaban J connectivity index is 1.69. The number of hydrogen-bond acceptors (Lipinski definition) is 5. The maximum absolute atomic E-state index is 13.0. The van der Waals surface area contributed by atoms with Crippen molar-refractivity contribution in [3.8, 4) is 6.07 Å². The minimum absolute atomic E-state index is 0.00738. The van der Waals surface area contributed by atoms with Gasteiger partial charge in [0.15, 0.2) is 0 Å². The smallest absolute Gasteiger partial charge is 0.376 e. The third-order valence-corrected chi connectivity index (χ3v) is 7.03. The van der Waals surface area contributed by atoms with Gasteiger partial charge in [-0.2, -0.15) is 18.4 Å². The molecule has 0 aromatic heterocycles. The first-order valence-electron chi connectivity index (χ1n) is 11.1. The number of alkyl halides is 3. The summed E-state index contributed by atoms with van der Waals surface area (Å²) in [4.78, 5) is 11.7. The molecule has 6 nitrogen and oxygen atoms in total. The molecular formula is C21H33F3N4O2. The number of hydrogen-bond donors (Lipinski definition) is 3. The summed E-state index contributed by atoms with van der Waals surface area (Å²) in [6.45, 7) is 4.53. The summed E-state index contributed by atoms with van der Waals surface area (Å²) >= 11 is 0. The molecule has 170 valence electrons. The van der Waals surface area contributed by atoms with Crippen molar-refractivity contribution >= 4 is 5.91 Å². The van der Waals surface area contributed by atoms with E-state index in [-0.39, 0.29) is 60.9 Å². The molecule has 1 saturated heterocycles. The number of piperidine rings is 1. The molecular weight excluding hydrogens is 397 g/mol. The number of rotatable bonds is 5. The van der Waals surface area contributed by atoms with Gasteiger partial charge in [0.2, 0.25) is 5.91 Å². The highest BCUT2D eigenvalue weighted by atomic mass is 19.4. The highest BCUT2D eigenvalue weighted by Crippen LogP contribution is 2.39. The van der Waals surface area contributed by atoms with E-state index in [0.29, 0.717) is 32.4 Å². The fourth-order valence-electron chi connectivity index (χ4n) is 5.57. The van der Waals surface area contributed by atoms with Crippen LogP contribution in [0.1, 0.15) is 52.4 Å². The second kappa shape index (κ2) is 9.84. The van der Waals surface area contributed by atoms with Gasteiger partial charge >= 0.3 is 6.18 Å². The molecule has 1 heterocycles. The van der Waals surface area contributed by atoms with E-state index in [9.17, 15) is 23.2 Å². The van der Waals surface area contributed by atoms with E-state index in [2.05, 4.69) is 22.0 Å². The van der Waals surface area contributed by atoms with Gasteiger partial charge in [0, 0.05) is 38.2 Å². The van der Waals surface area contributed by atoms with Crippen LogP contribution < -0.4 is 16.0 Å². The van der Waals surface area contributed by atoms with Gasteiger partial charge in [-0.05, 0) is 51.4 Å². The van der Waals surface area contributed by atoms with Gasteiger partial charge in [-0.1, -0.05) is 0 Å². The van der Waals surface area contributed by atoms with Crippen LogP contribution in [-0.2, 0) is 9.53 Å². The maximum Gasteiger partial charge on any atom is 0.391 e. The first-order valence-corrected chi connectivity index (χ1v) is 11.1. The van der Waals surface area contributed by atoms with Crippen LogP contribution in [0.5, 0.6) is 0 Å². The van der Waals surface area contributed by atoms with Crippen LogP contribution >= 0.6 is 0 Å². The van der Waals surface area contributed by atoms with Crippen molar-refractivity contribution in [2.75, 3.05) is 13.2 Å². The zero-order valence-corrected chi connectivity index (χ0v) is 17.7. The Bertz CT molecular complexity index is 631. The molecule has 0 bridgehead atoms. The molecule has 3 rings (SSSR count). The third kappa shape index (κ3) is 5.45. The first kappa shape index (κ1) is 23.3. The topological polar surface area (TPSA) is 86.2 Å². The molecule has 2 aliphatic carbocycles. The Morgan fingerprint density at radius 3 is 2.50 bits per heavy atom. The number of ether oxygens (including phenoxy) is 1. The van der Waals surface area contributed by atoms with Crippen LogP contribution in [-0.4, -0.2) is 55.5 Å². The van der Waals surface area contributed by atoms with Crippen LogP contribution in [0.2, 0.25) is 0 Å². The second-order valence-electron chi connectivity index (χ2n) is 8.97. The Kier molecular flexibility index (Phi) is 7.64. The van der Waals surface area contributed by atoms with Crippen molar-refractivity contribution in [3.63, 3.8) is 0 Å². The quantitative estimate of drug-likeness (QED) is 0.624. The molecule has 1 aliphatic heterocycles. The number of nitriles is 1. The van der Waals surface area contributed by atoms with Crippen molar-refractivity contribution < 1.29 is 22.7 Å². The molecule has 0 aromatic carbocycles. The van der Waals surface area contributed by atoms with E-state index >= 15 is 0 Å². The van der Waals surface area contributed by atoms with Crippen LogP contribution in [0.25, 0.3) is 0 Å². The average Bonchev–Trinajstić information content (AvgIpc) is 2.68. The van der Waals surface area contributed by atoms with E-state index in [1.807, 2.05) is 6.92 Å². The van der Waals surface area contributed by atoms with Gasteiger partial charge in [0.25, 0.3) is 0 Å². The Hall–Kier alpha value is -1.37. The van der Waals surface area contributed by atoms with Gasteiger partial charge in [0.05, 0.1) is 30.1 Å². The highest BCUT2D eigenvalue weighted by molar-refractivity contribution is 5.73. The van der Waals surface area contributed by atoms with Crippen molar-refractivity contribution in [1.82, 2.24) is 16.0 Å². The lowest BCUT2D eigenvalue weighted by Crippen LogP contribution is -2.66. The van der Waals surface area contributed by atoms with Crippen molar-refractivity contribution in [3.05, 3.63) is 0 Å². The molecule has 3 N–H and O–H groups in total. The molecule has 2 saturated carbocycles. The standard InChI is InChI=1S/C21H33F3N4O2/c1-3-30-19-9-17-16(8-18(19)27-12(2)29)20(13(10-25)11-26-17)28-15-6-4-14(5-7-15)21(22,23)24/h13-20,26,28H,3-9,11H2,1-2H3,(H,27,29). The normalized spacial score (nSPS) is 39.6. The fourth-order valence-corrected chi connectivity index (χ4v) is 5.57. The summed E-state index contributed by atoms with van der Waals surface area (Å²) in [7, 11) is 0. The fraction of sp³-hybridized carbons (Fsp3) is 0.905. The van der Waals surface area contributed by atoms with Crippen molar-refractivity contribution in [2.24, 2.45) is 17.8 Å². The summed E-state index contributed by atoms with van der Waals surface area (Å²) in [5.41, 5.74) is 0. The summed E-state index contributed by atoms with van der Waals surface area (Å²) in [6.07, 6.45) is -1.58. The molecule has 6 atom stereocenters. The lowest BCUT2D eigenvalue weighted by molar-refractivity contribution is -0.183. The monoisotopic (exact) mass is 430 g/mol. The number of amides is 1. The Labute approximate surface area is 176 Å². The SMILES string of the molecule is CCOC1CC2NCC(C#N)C(NC3CCC(C(F)(F)F)CC3)C2CC1NC(C)=O. The summed E-state index contributed by atoms with van der Waals surface area (Å²) in [5, 5.41) is 19.7. The largest absolute Gasteiger partial charge is 0.391 e. The van der Waals surface area contributed by atoms with Crippen molar-refractivity contribution in [2.45, 2.75) is 88.8 Å². The van der Waals surface area contributed by atoms with Crippen LogP contribution in [0.15, 0.2) is 0 Å². The number of nitrogens with zero attached hydrogens (tertiary/aromatic N) is 1. The highest BCUT2D eigenvalue weighted by Gasteiger charge is 2.48. The minimum Gasteiger partial charge on any atom is -0.376 e. The zero-order chi connectivity index (χ0) is 21.9. The molecule has 30 heavy (non-hydrogen) atoms. The van der Waals surface area contributed by atoms with Crippen molar-refractivity contribution in [1.29, 1.82) is 5.26 Å². The second-order valence-corrected chi connectivity index (χ2v) is 8.97. The number of fused-ring (bicyclic) bond motifs is 1. The minimum atomic E-state index is -4.12. The van der Waals surface area contributed by atoms with E-state index in [4.69, 9.17) is 4.74 Å². The van der Waals surface area contributed by atoms with E-state index in [0.717, 1.165) is 6.42 Å². The average molecular weight is 431 g/mol. The molecule has 0 radical (unpaired) electrons. The summed E-state index contributed by atoms with van der Waals surface area (Å²) < 4.78 is 44.9. The number of nitrogens with one attached hydrogen (secondary N) is 3. The van der Waals surface area contributed by atoms with Gasteiger partial charge in [-0.25, -0.2) is 0 Å². The third-order valence-electron chi connectivity index (χ3n) is 7.03. The predicted molar refractivity (Wildman–Crippen MR) is 105 cm³/mol. The predicted octanol–water partition coefficient (Wildman–Crippen LogP) is 2.50. The zero-order valence-electron chi connectivity index (χ0n) is 17.7. The van der Waals surface area contributed by atoms with Gasteiger partial charge < -0.3 is 20.7 Å². The molecule has 0 aromatic rings. The van der Waals surface area contributed by atoms with Gasteiger partial charge in [0.1, 0.15) is 0 Å². The summed E-state index contributed by atoms with van der Waals surface area (Å²) in [6, 6.07) is 2.29. The molecule has 1 amide bonds. The van der Waals surface area contributed by atoms with Crippen LogP contribution in [0.3, 0.4) is 0 Å². The first-order chi connectivity index (χ1) is 14.2. The molecule has 3 fully saturated rings. The lowest BCUT2D eigenvalue weighted by Gasteiger charge is -2.50. The maximum atomic E-state index is 13.0. The number of carbonyl (C=O) groups excluding carboxylic acids is 1. The number of halogens is 3. The molecule has 9 heteroatoms. The molecule has 6 unspecified atom stereocenters. The van der Waals surface area contributed by atoms with E-state index in [1.54, 1.807) is 0 Å². The summed E-state index contributed by atoms with van der Waals surface area (Å²) in [5.74, 6) is -1.47. The molecule has 3 aliphatic rings. The lowest BCUT2D eigenvalue weighted by atomic mass is 9.69. The Morgan fingerprint density at radius 1 is 1.23 bits per heavy atom. The van der Waals surface area contributed by atoms with Crippen LogP contribution in [0, 0.1) is 29.1 Å². The van der Waals surface area contributed by atoms with E-state index in [1.165, 1.54) is 6.92 Å². The van der Waals surface area contributed by atoms with Crippen LogP contribution in [0.4, 0.5) is 13.2 Å².